The normalized spacial score (nSPS) is 15.4. The molecule has 1 aliphatic rings. The highest BCUT2D eigenvalue weighted by Gasteiger charge is 2.31. The van der Waals surface area contributed by atoms with Gasteiger partial charge < -0.3 is 5.11 Å². The van der Waals surface area contributed by atoms with Crippen molar-refractivity contribution in [3.63, 3.8) is 0 Å². The largest absolute Gasteiger partial charge is 0.478 e. The number of hydrogen-bond acceptors (Lipinski definition) is 4. The van der Waals surface area contributed by atoms with Gasteiger partial charge in [-0.05, 0) is 29.7 Å². The number of sulfonamides is 1. The molecule has 1 aromatic carbocycles. The van der Waals surface area contributed by atoms with Crippen LogP contribution in [0.25, 0.3) is 0 Å². The zero-order valence-electron chi connectivity index (χ0n) is 12.2. The lowest BCUT2D eigenvalue weighted by Gasteiger charge is -2.28. The number of rotatable bonds is 3. The molecular weight excluding hydrogens is 325 g/mol. The molecule has 2 heterocycles. The third kappa shape index (κ3) is 2.73. The van der Waals surface area contributed by atoms with E-state index in [2.05, 4.69) is 5.10 Å². The molecule has 7 nitrogen and oxygen atoms in total. The maximum atomic E-state index is 13.6. The molecule has 0 saturated carbocycles. The Bertz CT molecular complexity index is 891. The number of carbonyl (C=O) groups is 1. The Morgan fingerprint density at radius 2 is 2.13 bits per heavy atom. The van der Waals surface area contributed by atoms with Gasteiger partial charge in [0.2, 0.25) is 10.0 Å². The smallest absolute Gasteiger partial charge is 0.336 e. The minimum atomic E-state index is -3.75. The third-order valence-corrected chi connectivity index (χ3v) is 5.61. The maximum absolute atomic E-state index is 13.6. The molecule has 2 aromatic rings. The molecule has 1 aromatic heterocycles. The van der Waals surface area contributed by atoms with Crippen molar-refractivity contribution in [3.05, 3.63) is 47.0 Å². The van der Waals surface area contributed by atoms with Gasteiger partial charge in [-0.15, -0.1) is 0 Å². The summed E-state index contributed by atoms with van der Waals surface area (Å²) in [7, 11) is -2.14. The number of hydrogen-bond donors (Lipinski definition) is 1. The van der Waals surface area contributed by atoms with E-state index in [1.807, 2.05) is 0 Å². The molecular formula is C14H14FN3O4S. The molecule has 3 rings (SSSR count). The average Bonchev–Trinajstić information content (AvgIpc) is 2.92. The summed E-state index contributed by atoms with van der Waals surface area (Å²) in [6.45, 7) is 0.0702. The summed E-state index contributed by atoms with van der Waals surface area (Å²) < 4.78 is 41.4. The van der Waals surface area contributed by atoms with Gasteiger partial charge in [0, 0.05) is 26.3 Å². The fourth-order valence-corrected chi connectivity index (χ4v) is 4.12. The van der Waals surface area contributed by atoms with E-state index in [0.717, 1.165) is 6.07 Å². The summed E-state index contributed by atoms with van der Waals surface area (Å²) in [6, 6.07) is 2.15. The van der Waals surface area contributed by atoms with Crippen molar-refractivity contribution in [3.8, 4) is 0 Å². The Morgan fingerprint density at radius 1 is 1.39 bits per heavy atom. The van der Waals surface area contributed by atoms with E-state index in [4.69, 9.17) is 5.11 Å². The number of carboxylic acid groups (broad SMARTS) is 1. The second kappa shape index (κ2) is 5.43. The second-order valence-corrected chi connectivity index (χ2v) is 7.27. The van der Waals surface area contributed by atoms with Gasteiger partial charge in [-0.3, -0.25) is 4.68 Å². The lowest BCUT2D eigenvalue weighted by atomic mass is 9.95. The highest BCUT2D eigenvalue weighted by molar-refractivity contribution is 7.89. The molecule has 0 saturated heterocycles. The first-order valence-electron chi connectivity index (χ1n) is 6.82. The van der Waals surface area contributed by atoms with Crippen molar-refractivity contribution in [1.82, 2.24) is 14.1 Å². The van der Waals surface area contributed by atoms with E-state index >= 15 is 0 Å². The lowest BCUT2D eigenvalue weighted by Crippen LogP contribution is -2.36. The molecule has 0 amide bonds. The van der Waals surface area contributed by atoms with Gasteiger partial charge in [-0.2, -0.15) is 9.40 Å². The summed E-state index contributed by atoms with van der Waals surface area (Å²) in [5, 5.41) is 13.0. The van der Waals surface area contributed by atoms with Crippen molar-refractivity contribution in [2.75, 3.05) is 6.54 Å². The van der Waals surface area contributed by atoms with Crippen molar-refractivity contribution in [1.29, 1.82) is 0 Å². The molecule has 0 atom stereocenters. The number of benzene rings is 1. The topological polar surface area (TPSA) is 92.5 Å². The van der Waals surface area contributed by atoms with Crippen LogP contribution < -0.4 is 0 Å². The first kappa shape index (κ1) is 15.6. The van der Waals surface area contributed by atoms with E-state index in [1.165, 1.54) is 27.4 Å². The van der Waals surface area contributed by atoms with Gasteiger partial charge in [0.05, 0.1) is 11.8 Å². The van der Waals surface area contributed by atoms with Gasteiger partial charge in [-0.1, -0.05) is 0 Å². The molecule has 0 unspecified atom stereocenters. The molecule has 23 heavy (non-hydrogen) atoms. The second-order valence-electron chi connectivity index (χ2n) is 5.33. The standard InChI is InChI=1S/C14H14FN3O4S/c1-17-8-11(6-16-17)23(21,22)18-3-2-12-9(7-18)4-10(15)5-13(12)14(19)20/h4-6,8H,2-3,7H2,1H3,(H,19,20). The van der Waals surface area contributed by atoms with Crippen molar-refractivity contribution < 1.29 is 22.7 Å². The van der Waals surface area contributed by atoms with Crippen LogP contribution in [-0.4, -0.2) is 40.1 Å². The number of carboxylic acids is 1. The van der Waals surface area contributed by atoms with E-state index < -0.39 is 21.8 Å². The zero-order chi connectivity index (χ0) is 16.8. The predicted molar refractivity (Wildman–Crippen MR) is 77.9 cm³/mol. The fourth-order valence-electron chi connectivity index (χ4n) is 2.71. The SMILES string of the molecule is Cn1cc(S(=O)(=O)N2CCc3c(cc(F)cc3C(=O)O)C2)cn1. The summed E-state index contributed by atoms with van der Waals surface area (Å²) in [5.74, 6) is -1.91. The molecule has 0 bridgehead atoms. The highest BCUT2D eigenvalue weighted by atomic mass is 32.2. The monoisotopic (exact) mass is 339 g/mol. The molecule has 0 spiro atoms. The molecule has 0 fully saturated rings. The van der Waals surface area contributed by atoms with E-state index in [-0.39, 0.29) is 30.0 Å². The molecule has 1 N–H and O–H groups in total. The Kier molecular flexibility index (Phi) is 3.69. The Balaban J connectivity index is 1.99. The van der Waals surface area contributed by atoms with Crippen LogP contribution in [0, 0.1) is 5.82 Å². The molecule has 9 heteroatoms. The van der Waals surface area contributed by atoms with Crippen molar-refractivity contribution >= 4 is 16.0 Å². The molecule has 0 radical (unpaired) electrons. The van der Waals surface area contributed by atoms with E-state index in [9.17, 15) is 17.6 Å². The van der Waals surface area contributed by atoms with Gasteiger partial charge in [0.15, 0.2) is 0 Å². The van der Waals surface area contributed by atoms with E-state index in [1.54, 1.807) is 7.05 Å². The maximum Gasteiger partial charge on any atom is 0.336 e. The van der Waals surface area contributed by atoms with Crippen LogP contribution in [0.3, 0.4) is 0 Å². The van der Waals surface area contributed by atoms with Crippen LogP contribution in [-0.2, 0) is 30.0 Å². The van der Waals surface area contributed by atoms with Gasteiger partial charge in [0.25, 0.3) is 0 Å². The Labute approximate surface area is 132 Å². The summed E-state index contributed by atoms with van der Waals surface area (Å²) in [6.07, 6.45) is 2.86. The number of aryl methyl sites for hydroxylation is 1. The van der Waals surface area contributed by atoms with Crippen LogP contribution in [0.1, 0.15) is 21.5 Å². The minimum Gasteiger partial charge on any atom is -0.478 e. The predicted octanol–water partition coefficient (Wildman–Crippen LogP) is 1.00. The van der Waals surface area contributed by atoms with Crippen LogP contribution in [0.2, 0.25) is 0 Å². The molecule has 122 valence electrons. The van der Waals surface area contributed by atoms with E-state index in [0.29, 0.717) is 11.1 Å². The first-order valence-corrected chi connectivity index (χ1v) is 8.26. The quantitative estimate of drug-likeness (QED) is 0.901. The van der Waals surface area contributed by atoms with Crippen molar-refractivity contribution in [2.45, 2.75) is 17.9 Å². The highest BCUT2D eigenvalue weighted by Crippen LogP contribution is 2.28. The summed E-state index contributed by atoms with van der Waals surface area (Å²) in [4.78, 5) is 11.3. The minimum absolute atomic E-state index is 0.0540. The van der Waals surface area contributed by atoms with Crippen LogP contribution >= 0.6 is 0 Å². The van der Waals surface area contributed by atoms with Crippen molar-refractivity contribution in [2.24, 2.45) is 7.05 Å². The zero-order valence-corrected chi connectivity index (χ0v) is 13.0. The molecule has 0 aliphatic carbocycles. The van der Waals surface area contributed by atoms with Gasteiger partial charge in [-0.25, -0.2) is 17.6 Å². The Hall–Kier alpha value is -2.26. The van der Waals surface area contributed by atoms with Crippen LogP contribution in [0.5, 0.6) is 0 Å². The first-order chi connectivity index (χ1) is 10.8. The number of halogens is 1. The number of aromatic nitrogens is 2. The summed E-state index contributed by atoms with van der Waals surface area (Å²) >= 11 is 0. The number of fused-ring (bicyclic) bond motifs is 1. The average molecular weight is 339 g/mol. The number of nitrogens with zero attached hydrogens (tertiary/aromatic N) is 3. The fraction of sp³-hybridized carbons (Fsp3) is 0.286. The van der Waals surface area contributed by atoms with Crippen LogP contribution in [0.4, 0.5) is 4.39 Å². The van der Waals surface area contributed by atoms with Gasteiger partial charge in [0.1, 0.15) is 10.7 Å². The third-order valence-electron chi connectivity index (χ3n) is 3.81. The van der Waals surface area contributed by atoms with Gasteiger partial charge >= 0.3 is 5.97 Å². The van der Waals surface area contributed by atoms with Crippen LogP contribution in [0.15, 0.2) is 29.4 Å². The molecule has 1 aliphatic heterocycles. The number of aromatic carboxylic acids is 1. The Morgan fingerprint density at radius 3 is 2.74 bits per heavy atom. The summed E-state index contributed by atoms with van der Waals surface area (Å²) in [5.41, 5.74) is 0.746. The lowest BCUT2D eigenvalue weighted by molar-refractivity contribution is 0.0694.